The smallest absolute Gasteiger partial charge is 0.335 e. The summed E-state index contributed by atoms with van der Waals surface area (Å²) in [5.74, 6) is -3.62. The lowest BCUT2D eigenvalue weighted by Crippen LogP contribution is -2.61. The van der Waals surface area contributed by atoms with E-state index in [1.807, 2.05) is 0 Å². The van der Waals surface area contributed by atoms with Crippen LogP contribution in [0.25, 0.3) is 0 Å². The Balaban J connectivity index is 2.24. The van der Waals surface area contributed by atoms with E-state index in [9.17, 15) is 30.0 Å². The van der Waals surface area contributed by atoms with Gasteiger partial charge in [-0.1, -0.05) is 0 Å². The maximum Gasteiger partial charge on any atom is 0.335 e. The first-order valence-corrected chi connectivity index (χ1v) is 6.37. The summed E-state index contributed by atoms with van der Waals surface area (Å²) in [4.78, 5) is 21.9. The van der Waals surface area contributed by atoms with Crippen LogP contribution < -0.4 is 4.74 Å². The molecule has 0 radical (unpaired) electrons. The zero-order valence-corrected chi connectivity index (χ0v) is 11.4. The van der Waals surface area contributed by atoms with Crippen molar-refractivity contribution in [2.75, 3.05) is 0 Å². The molecule has 0 saturated carbocycles. The van der Waals surface area contributed by atoms with E-state index < -0.39 is 48.4 Å². The molecule has 0 aromatic heterocycles. The number of phenolic OH excluding ortho intramolecular Hbond substituents is 1. The fourth-order valence-electron chi connectivity index (χ4n) is 2.06. The van der Waals surface area contributed by atoms with Gasteiger partial charge in [-0.15, -0.1) is 0 Å². The van der Waals surface area contributed by atoms with Crippen LogP contribution in [0.3, 0.4) is 0 Å². The van der Waals surface area contributed by atoms with Gasteiger partial charge in [0.05, 0.1) is 5.56 Å². The SMILES string of the molecule is O=C(O)c1cc(O)cc(O[C@@H]2O[C@H](C(=O)O)[C@@H](O)[C@H](O)[C@H]2O)c1. The van der Waals surface area contributed by atoms with E-state index in [0.29, 0.717) is 0 Å². The van der Waals surface area contributed by atoms with Gasteiger partial charge in [-0.3, -0.25) is 0 Å². The Morgan fingerprint density at radius 1 is 1.00 bits per heavy atom. The normalized spacial score (nSPS) is 30.7. The van der Waals surface area contributed by atoms with Gasteiger partial charge in [0.25, 0.3) is 0 Å². The third-order valence-corrected chi connectivity index (χ3v) is 3.20. The van der Waals surface area contributed by atoms with Gasteiger partial charge in [0.1, 0.15) is 29.8 Å². The Labute approximate surface area is 128 Å². The first kappa shape index (κ1) is 17.0. The summed E-state index contributed by atoms with van der Waals surface area (Å²) in [5.41, 5.74) is -0.319. The highest BCUT2D eigenvalue weighted by Gasteiger charge is 2.48. The summed E-state index contributed by atoms with van der Waals surface area (Å²) >= 11 is 0. The minimum Gasteiger partial charge on any atom is -0.508 e. The summed E-state index contributed by atoms with van der Waals surface area (Å²) in [6.45, 7) is 0. The fourth-order valence-corrected chi connectivity index (χ4v) is 2.06. The van der Waals surface area contributed by atoms with Crippen LogP contribution in [0.2, 0.25) is 0 Å². The molecule has 1 aliphatic rings. The van der Waals surface area contributed by atoms with Crippen LogP contribution in [0.15, 0.2) is 18.2 Å². The number of aliphatic hydroxyl groups is 3. The average molecular weight is 330 g/mol. The fraction of sp³-hybridized carbons (Fsp3) is 0.385. The molecule has 10 heteroatoms. The molecule has 0 aliphatic carbocycles. The number of carbonyl (C=O) groups is 2. The molecule has 23 heavy (non-hydrogen) atoms. The molecule has 0 amide bonds. The zero-order chi connectivity index (χ0) is 17.3. The number of aliphatic hydroxyl groups excluding tert-OH is 3. The van der Waals surface area contributed by atoms with E-state index in [-0.39, 0.29) is 11.3 Å². The van der Waals surface area contributed by atoms with Crippen molar-refractivity contribution >= 4 is 11.9 Å². The van der Waals surface area contributed by atoms with Crippen molar-refractivity contribution in [3.05, 3.63) is 23.8 Å². The molecule has 1 aromatic carbocycles. The van der Waals surface area contributed by atoms with E-state index >= 15 is 0 Å². The summed E-state index contributed by atoms with van der Waals surface area (Å²) in [7, 11) is 0. The predicted molar refractivity (Wildman–Crippen MR) is 70.0 cm³/mol. The van der Waals surface area contributed by atoms with Crippen LogP contribution in [0.1, 0.15) is 10.4 Å². The molecule has 0 bridgehead atoms. The standard InChI is InChI=1S/C13H14O10/c14-5-1-4(11(18)19)2-6(3-5)22-13-9(17)7(15)8(16)10(23-13)12(20)21/h1-3,7-10,13-17H,(H,18,19)(H,20,21)/t7-,8-,9+,10-,13+/m0/s1. The number of ether oxygens (including phenoxy) is 2. The van der Waals surface area contributed by atoms with Crippen molar-refractivity contribution in [3.8, 4) is 11.5 Å². The maximum atomic E-state index is 11.0. The average Bonchev–Trinajstić information content (AvgIpc) is 2.46. The Hall–Kier alpha value is -2.40. The van der Waals surface area contributed by atoms with E-state index in [4.69, 9.17) is 19.7 Å². The highest BCUT2D eigenvalue weighted by Crippen LogP contribution is 2.27. The number of benzene rings is 1. The van der Waals surface area contributed by atoms with Crippen molar-refractivity contribution in [1.82, 2.24) is 0 Å². The van der Waals surface area contributed by atoms with Gasteiger partial charge in [-0.05, 0) is 12.1 Å². The predicted octanol–water partition coefficient (Wildman–Crippen LogP) is -1.64. The van der Waals surface area contributed by atoms with Crippen molar-refractivity contribution in [3.63, 3.8) is 0 Å². The van der Waals surface area contributed by atoms with Gasteiger partial charge in [0.15, 0.2) is 6.10 Å². The molecule has 1 aliphatic heterocycles. The Kier molecular flexibility index (Phi) is 4.71. The molecule has 126 valence electrons. The summed E-state index contributed by atoms with van der Waals surface area (Å²) in [6, 6.07) is 2.97. The molecule has 0 spiro atoms. The number of aliphatic carboxylic acids is 1. The first-order chi connectivity index (χ1) is 10.7. The molecule has 5 atom stereocenters. The Morgan fingerprint density at radius 3 is 2.22 bits per heavy atom. The lowest BCUT2D eigenvalue weighted by molar-refractivity contribution is -0.271. The lowest BCUT2D eigenvalue weighted by atomic mass is 9.99. The van der Waals surface area contributed by atoms with E-state index in [0.717, 1.165) is 18.2 Å². The second-order valence-electron chi connectivity index (χ2n) is 4.87. The molecule has 1 heterocycles. The van der Waals surface area contributed by atoms with Crippen molar-refractivity contribution in [2.24, 2.45) is 0 Å². The number of aromatic carboxylic acids is 1. The molecular formula is C13H14O10. The monoisotopic (exact) mass is 330 g/mol. The molecule has 1 aromatic rings. The topological polar surface area (TPSA) is 174 Å². The van der Waals surface area contributed by atoms with Crippen molar-refractivity contribution < 1.29 is 49.7 Å². The van der Waals surface area contributed by atoms with Gasteiger partial charge in [0, 0.05) is 6.07 Å². The van der Waals surface area contributed by atoms with E-state index in [1.54, 1.807) is 0 Å². The largest absolute Gasteiger partial charge is 0.508 e. The summed E-state index contributed by atoms with van der Waals surface area (Å²) in [6.07, 6.45) is -9.07. The summed E-state index contributed by atoms with van der Waals surface area (Å²) in [5, 5.41) is 56.2. The van der Waals surface area contributed by atoms with Gasteiger partial charge in [0.2, 0.25) is 6.29 Å². The highest BCUT2D eigenvalue weighted by molar-refractivity contribution is 5.88. The molecular weight excluding hydrogens is 316 g/mol. The maximum absolute atomic E-state index is 11.0. The zero-order valence-electron chi connectivity index (χ0n) is 11.4. The van der Waals surface area contributed by atoms with Crippen LogP contribution in [-0.4, -0.2) is 73.3 Å². The van der Waals surface area contributed by atoms with Gasteiger partial charge in [-0.2, -0.15) is 0 Å². The molecule has 1 fully saturated rings. The first-order valence-electron chi connectivity index (χ1n) is 6.37. The van der Waals surface area contributed by atoms with Crippen molar-refractivity contribution in [1.29, 1.82) is 0 Å². The van der Waals surface area contributed by atoms with Crippen LogP contribution in [0.5, 0.6) is 11.5 Å². The van der Waals surface area contributed by atoms with Crippen LogP contribution in [0, 0.1) is 0 Å². The number of carboxylic acids is 2. The molecule has 1 saturated heterocycles. The lowest BCUT2D eigenvalue weighted by Gasteiger charge is -2.38. The van der Waals surface area contributed by atoms with Crippen LogP contribution in [-0.2, 0) is 9.53 Å². The minimum absolute atomic E-state index is 0.237. The third kappa shape index (κ3) is 3.51. The third-order valence-electron chi connectivity index (χ3n) is 3.20. The number of hydrogen-bond acceptors (Lipinski definition) is 8. The van der Waals surface area contributed by atoms with Crippen molar-refractivity contribution in [2.45, 2.75) is 30.7 Å². The number of hydrogen-bond donors (Lipinski definition) is 6. The van der Waals surface area contributed by atoms with Gasteiger partial charge in [-0.25, -0.2) is 9.59 Å². The number of rotatable bonds is 4. The second-order valence-corrected chi connectivity index (χ2v) is 4.87. The number of carboxylic acid groups (broad SMARTS) is 2. The minimum atomic E-state index is -1.87. The quantitative estimate of drug-likeness (QED) is 0.376. The Morgan fingerprint density at radius 2 is 1.65 bits per heavy atom. The van der Waals surface area contributed by atoms with Gasteiger partial charge >= 0.3 is 11.9 Å². The molecule has 2 rings (SSSR count). The van der Waals surface area contributed by atoms with E-state index in [2.05, 4.69) is 0 Å². The molecule has 0 unspecified atom stereocenters. The second kappa shape index (κ2) is 6.38. The number of aromatic hydroxyl groups is 1. The van der Waals surface area contributed by atoms with Crippen LogP contribution >= 0.6 is 0 Å². The van der Waals surface area contributed by atoms with Gasteiger partial charge < -0.3 is 40.1 Å². The Bertz CT molecular complexity index is 615. The molecule has 6 N–H and O–H groups in total. The number of phenols is 1. The van der Waals surface area contributed by atoms with E-state index in [1.165, 1.54) is 0 Å². The highest BCUT2D eigenvalue weighted by atomic mass is 16.7. The van der Waals surface area contributed by atoms with Crippen LogP contribution in [0.4, 0.5) is 0 Å². The molecule has 10 nitrogen and oxygen atoms in total. The summed E-state index contributed by atoms with van der Waals surface area (Å²) < 4.78 is 9.98.